The van der Waals surface area contributed by atoms with Crippen LogP contribution in [-0.4, -0.2) is 34.2 Å². The third kappa shape index (κ3) is 2.16. The molecule has 0 unspecified atom stereocenters. The van der Waals surface area contributed by atoms with Crippen molar-refractivity contribution >= 4 is 29.3 Å². The first-order valence-corrected chi connectivity index (χ1v) is 5.12. The maximum absolute atomic E-state index is 10.6. The molecule has 1 aromatic heterocycles. The topological polar surface area (TPSA) is 53.4 Å². The Morgan fingerprint density at radius 2 is 1.93 bits per heavy atom. The van der Waals surface area contributed by atoms with Crippen LogP contribution in [0.5, 0.6) is 0 Å². The lowest BCUT2D eigenvalue weighted by Gasteiger charge is -2.37. The molecule has 1 saturated heterocycles. The Hall–Kier alpha value is -1.00. The number of carbonyl (C=O) groups is 1. The molecule has 0 radical (unpaired) electrons. The van der Waals surface area contributed by atoms with Gasteiger partial charge in [0, 0.05) is 19.0 Å². The second-order valence-corrected chi connectivity index (χ2v) is 4.20. The molecule has 1 fully saturated rings. The number of likely N-dealkylation sites (tertiary alicyclic amines) is 1. The lowest BCUT2D eigenvalue weighted by atomic mass is 9.93. The van der Waals surface area contributed by atoms with E-state index in [0.29, 0.717) is 23.4 Å². The summed E-state index contributed by atoms with van der Waals surface area (Å²) >= 11 is 11.5. The van der Waals surface area contributed by atoms with E-state index in [1.807, 2.05) is 0 Å². The second kappa shape index (κ2) is 3.87. The molecule has 1 N–H and O–H groups in total. The second-order valence-electron chi connectivity index (χ2n) is 3.43. The number of pyridine rings is 1. The summed E-state index contributed by atoms with van der Waals surface area (Å²) in [6.45, 7) is 0.984. The number of nitrogens with zero attached hydrogens (tertiary/aromatic N) is 2. The van der Waals surface area contributed by atoms with E-state index in [2.05, 4.69) is 4.98 Å². The molecule has 0 spiro atoms. The quantitative estimate of drug-likeness (QED) is 0.775. The first-order chi connectivity index (χ1) is 7.06. The number of amides is 1. The molecule has 1 aliphatic heterocycles. The summed E-state index contributed by atoms with van der Waals surface area (Å²) < 4.78 is 0. The molecule has 1 amide bonds. The normalized spacial score (nSPS) is 16.3. The van der Waals surface area contributed by atoms with Crippen molar-refractivity contribution in [1.29, 1.82) is 0 Å². The zero-order valence-corrected chi connectivity index (χ0v) is 9.16. The van der Waals surface area contributed by atoms with Gasteiger partial charge in [0.2, 0.25) is 0 Å². The molecule has 1 aromatic rings. The van der Waals surface area contributed by atoms with Crippen molar-refractivity contribution in [2.24, 2.45) is 0 Å². The first kappa shape index (κ1) is 10.5. The minimum Gasteiger partial charge on any atom is -0.465 e. The number of hydrogen-bond acceptors (Lipinski definition) is 2. The van der Waals surface area contributed by atoms with Crippen molar-refractivity contribution in [2.45, 2.75) is 5.92 Å². The van der Waals surface area contributed by atoms with Crippen LogP contribution < -0.4 is 0 Å². The monoisotopic (exact) mass is 246 g/mol. The van der Waals surface area contributed by atoms with Crippen molar-refractivity contribution in [1.82, 2.24) is 9.88 Å². The predicted molar refractivity (Wildman–Crippen MR) is 56.6 cm³/mol. The zero-order valence-electron chi connectivity index (χ0n) is 7.65. The highest BCUT2D eigenvalue weighted by Gasteiger charge is 2.31. The Morgan fingerprint density at radius 3 is 2.40 bits per heavy atom. The van der Waals surface area contributed by atoms with Crippen LogP contribution in [-0.2, 0) is 0 Å². The summed E-state index contributed by atoms with van der Waals surface area (Å²) in [7, 11) is 0. The van der Waals surface area contributed by atoms with Gasteiger partial charge in [0.05, 0.1) is 0 Å². The summed E-state index contributed by atoms with van der Waals surface area (Å²) in [6.07, 6.45) is -0.891. The van der Waals surface area contributed by atoms with E-state index in [-0.39, 0.29) is 5.92 Å². The van der Waals surface area contributed by atoms with Crippen LogP contribution in [0.2, 0.25) is 10.3 Å². The van der Waals surface area contributed by atoms with Gasteiger partial charge in [-0.05, 0) is 17.7 Å². The Morgan fingerprint density at radius 1 is 1.40 bits per heavy atom. The molecule has 2 rings (SSSR count). The molecular formula is C9H8Cl2N2O2. The summed E-state index contributed by atoms with van der Waals surface area (Å²) in [5, 5.41) is 9.35. The summed E-state index contributed by atoms with van der Waals surface area (Å²) in [5.74, 6) is 0.180. The maximum Gasteiger partial charge on any atom is 0.407 e. The van der Waals surface area contributed by atoms with Crippen LogP contribution in [0.15, 0.2) is 12.1 Å². The van der Waals surface area contributed by atoms with E-state index in [9.17, 15) is 4.79 Å². The molecule has 2 heterocycles. The lowest BCUT2D eigenvalue weighted by Crippen LogP contribution is -2.47. The van der Waals surface area contributed by atoms with Crippen LogP contribution in [0.25, 0.3) is 0 Å². The number of rotatable bonds is 1. The smallest absolute Gasteiger partial charge is 0.407 e. The largest absolute Gasteiger partial charge is 0.465 e. The van der Waals surface area contributed by atoms with Gasteiger partial charge in [-0.25, -0.2) is 9.78 Å². The van der Waals surface area contributed by atoms with E-state index in [1.165, 1.54) is 4.90 Å². The fraction of sp³-hybridized carbons (Fsp3) is 0.333. The predicted octanol–water partition coefficient (Wildman–Crippen LogP) is 2.47. The van der Waals surface area contributed by atoms with Gasteiger partial charge in [0.25, 0.3) is 0 Å². The number of aromatic nitrogens is 1. The van der Waals surface area contributed by atoms with E-state index in [1.54, 1.807) is 12.1 Å². The standard InChI is InChI=1S/C9H8Cl2N2O2/c10-7-1-5(2-8(11)12-7)6-3-13(4-6)9(14)15/h1-2,6H,3-4H2,(H,14,15). The first-order valence-electron chi connectivity index (χ1n) is 4.37. The molecule has 0 bridgehead atoms. The molecule has 4 nitrogen and oxygen atoms in total. The highest BCUT2D eigenvalue weighted by molar-refractivity contribution is 6.32. The number of hydrogen-bond donors (Lipinski definition) is 1. The Balaban J connectivity index is 2.10. The van der Waals surface area contributed by atoms with Crippen molar-refractivity contribution in [3.63, 3.8) is 0 Å². The minimum absolute atomic E-state index is 0.180. The Labute approximate surface area is 96.4 Å². The molecule has 0 atom stereocenters. The zero-order chi connectivity index (χ0) is 11.0. The third-order valence-electron chi connectivity index (χ3n) is 2.41. The third-order valence-corrected chi connectivity index (χ3v) is 2.80. The van der Waals surface area contributed by atoms with Crippen LogP contribution in [0, 0.1) is 0 Å². The van der Waals surface area contributed by atoms with E-state index < -0.39 is 6.09 Å². The van der Waals surface area contributed by atoms with Gasteiger partial charge in [0.1, 0.15) is 10.3 Å². The van der Waals surface area contributed by atoms with Crippen LogP contribution in [0.4, 0.5) is 4.79 Å². The van der Waals surface area contributed by atoms with Crippen LogP contribution >= 0.6 is 23.2 Å². The summed E-state index contributed by atoms with van der Waals surface area (Å²) in [5.41, 5.74) is 0.942. The number of carboxylic acid groups (broad SMARTS) is 1. The SMILES string of the molecule is O=C(O)N1CC(c2cc(Cl)nc(Cl)c2)C1. The lowest BCUT2D eigenvalue weighted by molar-refractivity contribution is 0.105. The van der Waals surface area contributed by atoms with Gasteiger partial charge in [0.15, 0.2) is 0 Å². The van der Waals surface area contributed by atoms with E-state index >= 15 is 0 Å². The van der Waals surface area contributed by atoms with Crippen molar-refractivity contribution in [2.75, 3.05) is 13.1 Å². The fourth-order valence-corrected chi connectivity index (χ4v) is 2.04. The Kier molecular flexibility index (Phi) is 2.71. The fourth-order valence-electron chi connectivity index (χ4n) is 1.56. The van der Waals surface area contributed by atoms with Gasteiger partial charge in [-0.1, -0.05) is 23.2 Å². The van der Waals surface area contributed by atoms with Gasteiger partial charge >= 0.3 is 6.09 Å². The van der Waals surface area contributed by atoms with Crippen molar-refractivity contribution < 1.29 is 9.90 Å². The highest BCUT2D eigenvalue weighted by Crippen LogP contribution is 2.29. The highest BCUT2D eigenvalue weighted by atomic mass is 35.5. The maximum atomic E-state index is 10.6. The molecule has 0 saturated carbocycles. The molecule has 6 heteroatoms. The molecule has 15 heavy (non-hydrogen) atoms. The molecular weight excluding hydrogens is 239 g/mol. The van der Waals surface area contributed by atoms with Crippen LogP contribution in [0.3, 0.4) is 0 Å². The Bertz CT molecular complexity index is 385. The summed E-state index contributed by atoms with van der Waals surface area (Å²) in [4.78, 5) is 15.7. The van der Waals surface area contributed by atoms with E-state index in [4.69, 9.17) is 28.3 Å². The number of halogens is 2. The van der Waals surface area contributed by atoms with Crippen LogP contribution in [0.1, 0.15) is 11.5 Å². The molecule has 1 aliphatic rings. The van der Waals surface area contributed by atoms with Gasteiger partial charge in [-0.2, -0.15) is 0 Å². The molecule has 0 aromatic carbocycles. The van der Waals surface area contributed by atoms with Gasteiger partial charge in [-0.3, -0.25) is 0 Å². The van der Waals surface area contributed by atoms with Gasteiger partial charge in [-0.15, -0.1) is 0 Å². The average molecular weight is 247 g/mol. The summed E-state index contributed by atoms with van der Waals surface area (Å²) in [6, 6.07) is 3.44. The average Bonchev–Trinajstić information content (AvgIpc) is 1.97. The van der Waals surface area contributed by atoms with Crippen molar-refractivity contribution in [3.05, 3.63) is 28.0 Å². The minimum atomic E-state index is -0.891. The van der Waals surface area contributed by atoms with Gasteiger partial charge < -0.3 is 10.0 Å². The molecule has 80 valence electrons. The van der Waals surface area contributed by atoms with Crippen molar-refractivity contribution in [3.8, 4) is 0 Å². The molecule has 0 aliphatic carbocycles. The van der Waals surface area contributed by atoms with E-state index in [0.717, 1.165) is 5.56 Å².